The lowest BCUT2D eigenvalue weighted by Crippen LogP contribution is -2.32. The number of hydrogen-bond acceptors (Lipinski definition) is 3. The summed E-state index contributed by atoms with van der Waals surface area (Å²) in [6.07, 6.45) is 23.0. The fourth-order valence-electron chi connectivity index (χ4n) is 3.29. The Kier molecular flexibility index (Phi) is 13.2. The molecule has 1 heterocycles. The first kappa shape index (κ1) is 20.4. The first-order chi connectivity index (χ1) is 11.4. The molecule has 0 saturated carbocycles. The van der Waals surface area contributed by atoms with Crippen LogP contribution in [0.25, 0.3) is 0 Å². The van der Waals surface area contributed by atoms with Crippen molar-refractivity contribution in [3.8, 4) is 0 Å². The van der Waals surface area contributed by atoms with Crippen LogP contribution in [0.5, 0.6) is 0 Å². The molecule has 0 aromatic heterocycles. The number of β-amino-alcohol motifs (C(OH)–C–C–N with tert-alkyl or cyclic N) is 1. The topological polar surface area (TPSA) is 35.8 Å². The lowest BCUT2D eigenvalue weighted by Gasteiger charge is -2.21. The maximum absolute atomic E-state index is 9.03. The highest BCUT2D eigenvalue weighted by Gasteiger charge is 2.19. The smallest absolute Gasteiger partial charge is 0.102 e. The van der Waals surface area contributed by atoms with Gasteiger partial charge >= 0.3 is 0 Å². The molecule has 0 amide bonds. The normalized spacial score (nSPS) is 18.4. The number of aliphatic hydroxyl groups is 1. The second-order valence-corrected chi connectivity index (χ2v) is 6.71. The third kappa shape index (κ3) is 10.7. The number of aliphatic imine (C=N–C) groups is 1. The fraction of sp³-hybridized carbons (Fsp3) is 0.850. The van der Waals surface area contributed by atoms with E-state index in [1.165, 1.54) is 70.6 Å². The lowest BCUT2D eigenvalue weighted by molar-refractivity contribution is 0.176. The molecule has 0 saturated heterocycles. The van der Waals surface area contributed by atoms with Crippen LogP contribution >= 0.6 is 0 Å². The van der Waals surface area contributed by atoms with Crippen LogP contribution in [-0.2, 0) is 0 Å². The largest absolute Gasteiger partial charge is 0.395 e. The van der Waals surface area contributed by atoms with Crippen LogP contribution in [0, 0.1) is 0 Å². The zero-order valence-corrected chi connectivity index (χ0v) is 15.3. The minimum absolute atomic E-state index is 0.245. The molecule has 1 N–H and O–H groups in total. The van der Waals surface area contributed by atoms with Gasteiger partial charge in [-0.25, -0.2) is 0 Å². The summed E-state index contributed by atoms with van der Waals surface area (Å²) in [6.45, 7) is 4.03. The highest BCUT2D eigenvalue weighted by molar-refractivity contribution is 5.62. The molecule has 0 bridgehead atoms. The molecular formula is C20H38N2O. The van der Waals surface area contributed by atoms with Gasteiger partial charge in [-0.05, 0) is 32.6 Å². The predicted molar refractivity (Wildman–Crippen MR) is 101 cm³/mol. The van der Waals surface area contributed by atoms with E-state index in [2.05, 4.69) is 29.0 Å². The highest BCUT2D eigenvalue weighted by atomic mass is 16.3. The van der Waals surface area contributed by atoms with Crippen molar-refractivity contribution in [3.05, 3.63) is 12.2 Å². The van der Waals surface area contributed by atoms with Gasteiger partial charge in [0, 0.05) is 19.3 Å². The van der Waals surface area contributed by atoms with E-state index in [-0.39, 0.29) is 6.61 Å². The second-order valence-electron chi connectivity index (χ2n) is 6.71. The van der Waals surface area contributed by atoms with E-state index < -0.39 is 0 Å². The van der Waals surface area contributed by atoms with Gasteiger partial charge < -0.3 is 5.11 Å². The third-order valence-corrected chi connectivity index (χ3v) is 4.72. The molecule has 1 atom stereocenters. The predicted octanol–water partition coefficient (Wildman–Crippen LogP) is 4.95. The second kappa shape index (κ2) is 14.9. The maximum Gasteiger partial charge on any atom is 0.102 e. The van der Waals surface area contributed by atoms with Gasteiger partial charge in [0.25, 0.3) is 0 Å². The van der Waals surface area contributed by atoms with Gasteiger partial charge in [-0.2, -0.15) is 0 Å². The molecule has 1 aliphatic heterocycles. The van der Waals surface area contributed by atoms with Crippen molar-refractivity contribution in [2.75, 3.05) is 19.7 Å². The van der Waals surface area contributed by atoms with Gasteiger partial charge in [-0.3, -0.25) is 9.89 Å². The van der Waals surface area contributed by atoms with Crippen LogP contribution in [-0.4, -0.2) is 42.1 Å². The van der Waals surface area contributed by atoms with Crippen molar-refractivity contribution in [2.24, 2.45) is 4.99 Å². The molecule has 1 aliphatic rings. The molecule has 1 unspecified atom stereocenters. The molecule has 134 valence electrons. The Morgan fingerprint density at radius 1 is 1.00 bits per heavy atom. The molecule has 0 aliphatic carbocycles. The van der Waals surface area contributed by atoms with Crippen LogP contribution in [0.3, 0.4) is 0 Å². The Morgan fingerprint density at radius 2 is 1.61 bits per heavy atom. The summed E-state index contributed by atoms with van der Waals surface area (Å²) in [5.41, 5.74) is 0. The summed E-state index contributed by atoms with van der Waals surface area (Å²) in [5.74, 6) is 0. The average molecular weight is 323 g/mol. The van der Waals surface area contributed by atoms with E-state index in [0.717, 1.165) is 19.5 Å². The Bertz CT molecular complexity index is 315. The first-order valence-electron chi connectivity index (χ1n) is 9.86. The molecule has 0 aromatic carbocycles. The summed E-state index contributed by atoms with van der Waals surface area (Å²) >= 11 is 0. The summed E-state index contributed by atoms with van der Waals surface area (Å²) in [6, 6.07) is 0. The van der Waals surface area contributed by atoms with Crippen molar-refractivity contribution in [1.29, 1.82) is 0 Å². The standard InChI is InChI=1S/C20H38N2O/c1-2-3-4-5-6-7-8-9-10-11-12-13-14-15-20-21-16-17-22(20)18-19-23/h2-3,16,20,23H,4-15,17-19H2,1H3/b3-2+. The summed E-state index contributed by atoms with van der Waals surface area (Å²) in [7, 11) is 0. The molecule has 3 heteroatoms. The number of nitrogens with zero attached hydrogens (tertiary/aromatic N) is 2. The van der Waals surface area contributed by atoms with Gasteiger partial charge in [0.2, 0.25) is 0 Å². The van der Waals surface area contributed by atoms with E-state index in [1.807, 2.05) is 6.21 Å². The molecule has 0 radical (unpaired) electrons. The Hall–Kier alpha value is -0.670. The molecule has 1 rings (SSSR count). The van der Waals surface area contributed by atoms with Gasteiger partial charge in [-0.1, -0.05) is 63.5 Å². The number of hydrogen-bond donors (Lipinski definition) is 1. The molecule has 23 heavy (non-hydrogen) atoms. The van der Waals surface area contributed by atoms with Crippen LogP contribution in [0.2, 0.25) is 0 Å². The SMILES string of the molecule is C/C=C/CCCCCCCCCCCCC1N=CCN1CCO. The van der Waals surface area contributed by atoms with Crippen molar-refractivity contribution in [1.82, 2.24) is 4.90 Å². The molecule has 0 aromatic rings. The minimum atomic E-state index is 0.245. The van der Waals surface area contributed by atoms with E-state index in [1.54, 1.807) is 0 Å². The average Bonchev–Trinajstić information content (AvgIpc) is 2.99. The molecular weight excluding hydrogens is 284 g/mol. The van der Waals surface area contributed by atoms with Gasteiger partial charge in [0.1, 0.15) is 6.17 Å². The third-order valence-electron chi connectivity index (χ3n) is 4.72. The highest BCUT2D eigenvalue weighted by Crippen LogP contribution is 2.16. The molecule has 3 nitrogen and oxygen atoms in total. The minimum Gasteiger partial charge on any atom is -0.395 e. The van der Waals surface area contributed by atoms with E-state index in [0.29, 0.717) is 6.17 Å². The van der Waals surface area contributed by atoms with Gasteiger partial charge in [0.15, 0.2) is 0 Å². The number of allylic oxidation sites excluding steroid dienone is 2. The van der Waals surface area contributed by atoms with Crippen molar-refractivity contribution >= 4 is 6.21 Å². The molecule has 0 fully saturated rings. The Labute approximate surface area is 143 Å². The van der Waals surface area contributed by atoms with E-state index in [4.69, 9.17) is 5.11 Å². The fourth-order valence-corrected chi connectivity index (χ4v) is 3.29. The number of rotatable bonds is 15. The van der Waals surface area contributed by atoms with Gasteiger partial charge in [0.05, 0.1) is 6.61 Å². The van der Waals surface area contributed by atoms with Gasteiger partial charge in [-0.15, -0.1) is 0 Å². The summed E-state index contributed by atoms with van der Waals surface area (Å²) < 4.78 is 0. The quantitative estimate of drug-likeness (QED) is 0.342. The first-order valence-corrected chi connectivity index (χ1v) is 9.86. The van der Waals surface area contributed by atoms with Crippen molar-refractivity contribution < 1.29 is 5.11 Å². The Balaban J connectivity index is 1.80. The molecule has 0 spiro atoms. The van der Waals surface area contributed by atoms with Crippen molar-refractivity contribution in [2.45, 2.75) is 90.1 Å². The maximum atomic E-state index is 9.03. The van der Waals surface area contributed by atoms with Crippen LogP contribution in [0.1, 0.15) is 84.0 Å². The van der Waals surface area contributed by atoms with E-state index >= 15 is 0 Å². The Morgan fingerprint density at radius 3 is 2.22 bits per heavy atom. The zero-order chi connectivity index (χ0) is 16.6. The van der Waals surface area contributed by atoms with Crippen LogP contribution in [0.15, 0.2) is 17.1 Å². The summed E-state index contributed by atoms with van der Waals surface area (Å²) in [4.78, 5) is 6.79. The van der Waals surface area contributed by atoms with Crippen LogP contribution < -0.4 is 0 Å². The number of unbranched alkanes of at least 4 members (excludes halogenated alkanes) is 10. The monoisotopic (exact) mass is 322 g/mol. The van der Waals surface area contributed by atoms with Crippen molar-refractivity contribution in [3.63, 3.8) is 0 Å². The van der Waals surface area contributed by atoms with Crippen LogP contribution in [0.4, 0.5) is 0 Å². The lowest BCUT2D eigenvalue weighted by atomic mass is 10.0. The van der Waals surface area contributed by atoms with E-state index in [9.17, 15) is 0 Å². The number of aliphatic hydroxyl groups excluding tert-OH is 1. The zero-order valence-electron chi connectivity index (χ0n) is 15.3. The summed E-state index contributed by atoms with van der Waals surface area (Å²) in [5, 5.41) is 9.03.